The van der Waals surface area contributed by atoms with E-state index in [1.807, 2.05) is 17.6 Å². The maximum Gasteiger partial charge on any atom is 0.154 e. The molecule has 5 heteroatoms. The van der Waals surface area contributed by atoms with Gasteiger partial charge in [-0.1, -0.05) is 37.3 Å². The van der Waals surface area contributed by atoms with Gasteiger partial charge in [0.1, 0.15) is 5.84 Å². The van der Waals surface area contributed by atoms with Crippen molar-refractivity contribution in [2.45, 2.75) is 33.7 Å². The molecule has 2 N–H and O–H groups in total. The summed E-state index contributed by atoms with van der Waals surface area (Å²) >= 11 is 0. The Morgan fingerprint density at radius 3 is 2.54 bits per heavy atom. The van der Waals surface area contributed by atoms with Gasteiger partial charge in [0.25, 0.3) is 0 Å². The molecule has 0 spiro atoms. The number of anilines is 1. The van der Waals surface area contributed by atoms with Gasteiger partial charge in [-0.3, -0.25) is 15.0 Å². The van der Waals surface area contributed by atoms with E-state index in [2.05, 4.69) is 65.1 Å². The highest BCUT2D eigenvalue weighted by Gasteiger charge is 2.14. The van der Waals surface area contributed by atoms with Crippen molar-refractivity contribution >= 4 is 22.6 Å². The van der Waals surface area contributed by atoms with Crippen LogP contribution in [0.4, 0.5) is 5.69 Å². The van der Waals surface area contributed by atoms with Crippen LogP contribution in [-0.4, -0.2) is 28.6 Å². The van der Waals surface area contributed by atoms with Gasteiger partial charge in [0.05, 0.1) is 16.7 Å². The first-order chi connectivity index (χ1) is 12.6. The summed E-state index contributed by atoms with van der Waals surface area (Å²) in [4.78, 5) is 4.34. The first-order valence-corrected chi connectivity index (χ1v) is 9.08. The van der Waals surface area contributed by atoms with Crippen molar-refractivity contribution in [2.75, 3.05) is 18.9 Å². The summed E-state index contributed by atoms with van der Waals surface area (Å²) in [5, 5.41) is 12.0. The van der Waals surface area contributed by atoms with Crippen LogP contribution in [0.2, 0.25) is 0 Å². The van der Waals surface area contributed by atoms with E-state index >= 15 is 0 Å². The molecule has 0 aliphatic carbocycles. The van der Waals surface area contributed by atoms with Crippen LogP contribution in [0.15, 0.2) is 47.5 Å². The van der Waals surface area contributed by atoms with Gasteiger partial charge in [-0.05, 0) is 38.0 Å². The monoisotopic (exact) mass is 349 g/mol. The molecule has 0 fully saturated rings. The van der Waals surface area contributed by atoms with Crippen molar-refractivity contribution in [3.8, 4) is 0 Å². The van der Waals surface area contributed by atoms with Crippen molar-refractivity contribution in [1.29, 1.82) is 5.41 Å². The topological polar surface area (TPSA) is 58.1 Å². The third kappa shape index (κ3) is 3.29. The minimum atomic E-state index is 0.450. The molecule has 0 bridgehead atoms. The number of hydrogen-bond acceptors (Lipinski definition) is 3. The van der Waals surface area contributed by atoms with E-state index < -0.39 is 0 Å². The van der Waals surface area contributed by atoms with Crippen LogP contribution in [-0.2, 0) is 6.54 Å². The minimum Gasteiger partial charge on any atom is -0.382 e. The summed E-state index contributed by atoms with van der Waals surface area (Å²) in [6.07, 6.45) is 1.02. The maximum absolute atomic E-state index is 8.65. The van der Waals surface area contributed by atoms with Crippen LogP contribution in [0.5, 0.6) is 0 Å². The number of benzene rings is 1. The second-order valence-electron chi connectivity index (χ2n) is 6.57. The van der Waals surface area contributed by atoms with Gasteiger partial charge in [0.2, 0.25) is 0 Å². The number of pyridine rings is 1. The molecule has 3 rings (SSSR count). The van der Waals surface area contributed by atoms with Crippen LogP contribution in [0.1, 0.15) is 31.5 Å². The fourth-order valence-electron chi connectivity index (χ4n) is 3.26. The Morgan fingerprint density at radius 2 is 1.88 bits per heavy atom. The summed E-state index contributed by atoms with van der Waals surface area (Å²) in [5.41, 5.74) is 5.87. The molecule has 136 valence electrons. The average Bonchev–Trinajstić information content (AvgIpc) is 2.95. The Balaban J connectivity index is 2.24. The normalized spacial score (nSPS) is 11.9. The van der Waals surface area contributed by atoms with E-state index in [9.17, 15) is 0 Å². The van der Waals surface area contributed by atoms with Gasteiger partial charge in [0, 0.05) is 25.8 Å². The summed E-state index contributed by atoms with van der Waals surface area (Å²) in [6, 6.07) is 14.7. The Labute approximate surface area is 154 Å². The molecule has 1 aromatic carbocycles. The van der Waals surface area contributed by atoms with E-state index in [4.69, 9.17) is 5.41 Å². The fraction of sp³-hybridized carbons (Fsp3) is 0.333. The molecular formula is C21H27N5. The van der Waals surface area contributed by atoms with Crippen molar-refractivity contribution in [2.24, 2.45) is 4.99 Å². The van der Waals surface area contributed by atoms with Gasteiger partial charge in [0.15, 0.2) is 5.49 Å². The lowest BCUT2D eigenvalue weighted by molar-refractivity contribution is 0.804. The largest absolute Gasteiger partial charge is 0.382 e. The molecule has 26 heavy (non-hydrogen) atoms. The van der Waals surface area contributed by atoms with Crippen molar-refractivity contribution in [3.63, 3.8) is 0 Å². The zero-order valence-electron chi connectivity index (χ0n) is 16.0. The third-order valence-corrected chi connectivity index (χ3v) is 4.72. The lowest BCUT2D eigenvalue weighted by Crippen LogP contribution is -2.28. The number of aromatic nitrogens is 2. The Hall–Kier alpha value is -2.82. The molecule has 0 aliphatic rings. The standard InChI is InChI=1S/C21H27N5/c1-5-11-24-18-13-19-20(26(21(18)22)16(3)23-4)12-15(2)25(19)14-17-9-7-6-8-10-17/h6-10,12-13,22,24H,5,11,14H2,1-4H3. The molecule has 0 atom stereocenters. The molecule has 2 aromatic heterocycles. The predicted octanol–water partition coefficient (Wildman–Crippen LogP) is 4.00. The number of nitrogens with one attached hydrogen (secondary N) is 2. The molecule has 0 unspecified atom stereocenters. The Bertz CT molecular complexity index is 993. The predicted molar refractivity (Wildman–Crippen MR) is 109 cm³/mol. The lowest BCUT2D eigenvalue weighted by Gasteiger charge is -2.15. The fourth-order valence-corrected chi connectivity index (χ4v) is 3.26. The van der Waals surface area contributed by atoms with E-state index in [0.29, 0.717) is 5.49 Å². The first kappa shape index (κ1) is 18.0. The number of fused-ring (bicyclic) bond motifs is 1. The summed E-state index contributed by atoms with van der Waals surface area (Å²) in [6.45, 7) is 7.85. The highest BCUT2D eigenvalue weighted by Crippen LogP contribution is 2.22. The van der Waals surface area contributed by atoms with Crippen LogP contribution < -0.4 is 10.8 Å². The highest BCUT2D eigenvalue weighted by atomic mass is 15.1. The molecule has 0 radical (unpaired) electrons. The second kappa shape index (κ2) is 7.60. The van der Waals surface area contributed by atoms with Gasteiger partial charge in [-0.2, -0.15) is 0 Å². The highest BCUT2D eigenvalue weighted by molar-refractivity contribution is 5.94. The Morgan fingerprint density at radius 1 is 1.15 bits per heavy atom. The molecular weight excluding hydrogens is 322 g/mol. The van der Waals surface area contributed by atoms with Crippen molar-refractivity contribution in [3.05, 3.63) is 59.2 Å². The molecule has 0 aliphatic heterocycles. The van der Waals surface area contributed by atoms with Crippen molar-refractivity contribution < 1.29 is 0 Å². The maximum atomic E-state index is 8.65. The van der Waals surface area contributed by atoms with Gasteiger partial charge >= 0.3 is 0 Å². The van der Waals surface area contributed by atoms with Gasteiger partial charge in [-0.25, -0.2) is 0 Å². The number of hydrogen-bond donors (Lipinski definition) is 2. The third-order valence-electron chi connectivity index (χ3n) is 4.72. The average molecular weight is 349 g/mol. The number of aryl methyl sites for hydroxylation is 1. The summed E-state index contributed by atoms with van der Waals surface area (Å²) < 4.78 is 4.24. The number of nitrogens with zero attached hydrogens (tertiary/aromatic N) is 3. The molecule has 0 amide bonds. The van der Waals surface area contributed by atoms with Crippen LogP contribution in [0.25, 0.3) is 11.0 Å². The quantitative estimate of drug-likeness (QED) is 0.531. The van der Waals surface area contributed by atoms with Crippen LogP contribution in [0, 0.1) is 12.3 Å². The van der Waals surface area contributed by atoms with Crippen LogP contribution >= 0.6 is 0 Å². The molecule has 0 saturated carbocycles. The summed E-state index contributed by atoms with van der Waals surface area (Å²) in [5.74, 6) is 0.817. The number of aliphatic imine (C=N–C) groups is 1. The van der Waals surface area contributed by atoms with Crippen molar-refractivity contribution in [1.82, 2.24) is 9.13 Å². The van der Waals surface area contributed by atoms with E-state index in [0.717, 1.165) is 42.1 Å². The molecule has 2 heterocycles. The smallest absolute Gasteiger partial charge is 0.154 e. The Kier molecular flexibility index (Phi) is 5.26. The van der Waals surface area contributed by atoms with Gasteiger partial charge < -0.3 is 9.88 Å². The zero-order chi connectivity index (χ0) is 18.7. The molecule has 3 aromatic rings. The zero-order valence-corrected chi connectivity index (χ0v) is 16.0. The van der Waals surface area contributed by atoms with E-state index in [-0.39, 0.29) is 0 Å². The first-order valence-electron chi connectivity index (χ1n) is 9.08. The van der Waals surface area contributed by atoms with Crippen LogP contribution in [0.3, 0.4) is 0 Å². The second-order valence-corrected chi connectivity index (χ2v) is 6.57. The lowest BCUT2D eigenvalue weighted by atomic mass is 10.2. The SMILES string of the molecule is CCCNc1cc2c(cc(C)n2Cc2ccccc2)n(C(C)=NC)c1=N. The minimum absolute atomic E-state index is 0.450. The number of rotatable bonds is 5. The summed E-state index contributed by atoms with van der Waals surface area (Å²) in [7, 11) is 1.77. The van der Waals surface area contributed by atoms with E-state index in [1.165, 1.54) is 11.3 Å². The molecule has 5 nitrogen and oxygen atoms in total. The molecule has 0 saturated heterocycles. The van der Waals surface area contributed by atoms with E-state index in [1.54, 1.807) is 7.05 Å². The van der Waals surface area contributed by atoms with Gasteiger partial charge in [-0.15, -0.1) is 0 Å².